The molecule has 3 heteroatoms. The number of hydrogen-bond donors (Lipinski definition) is 0. The van der Waals surface area contributed by atoms with E-state index >= 15 is 0 Å². The van der Waals surface area contributed by atoms with Gasteiger partial charge in [-0.05, 0) is 113 Å². The smallest absolute Gasteiger partial charge is 0.0555 e. The highest BCUT2D eigenvalue weighted by molar-refractivity contribution is 7.26. The molecule has 1 fully saturated rings. The molecule has 56 heavy (non-hydrogen) atoms. The molecule has 1 saturated carbocycles. The molecule has 2 aromatic heterocycles. The van der Waals surface area contributed by atoms with Gasteiger partial charge >= 0.3 is 0 Å². The number of rotatable bonds is 5. The highest BCUT2D eigenvalue weighted by Gasteiger charge is 2.45. The van der Waals surface area contributed by atoms with E-state index in [4.69, 9.17) is 0 Å². The Morgan fingerprint density at radius 3 is 1.93 bits per heavy atom. The van der Waals surface area contributed by atoms with Crippen LogP contribution in [0.2, 0.25) is 0 Å². The van der Waals surface area contributed by atoms with E-state index in [1.54, 1.807) is 0 Å². The minimum Gasteiger partial charge on any atom is -0.310 e. The van der Waals surface area contributed by atoms with Gasteiger partial charge in [0, 0.05) is 59.1 Å². The number of anilines is 3. The Balaban J connectivity index is 1.02. The second kappa shape index (κ2) is 12.3. The number of nitrogens with zero attached hydrogens (tertiary/aromatic N) is 2. The number of fused-ring (bicyclic) bond motifs is 12. The van der Waals surface area contributed by atoms with Crippen molar-refractivity contribution >= 4 is 70.4 Å². The molecule has 0 aliphatic heterocycles. The van der Waals surface area contributed by atoms with Crippen LogP contribution in [0.1, 0.15) is 36.8 Å². The number of hydrogen-bond acceptors (Lipinski definition) is 2. The summed E-state index contributed by atoms with van der Waals surface area (Å²) in [6, 6.07) is 67.8. The standard InChI is InChI=1S/C53H38N2S/c1-2-12-35(13-3-1)36-20-22-37(23-21-36)54(40-28-29-42-41-14-4-7-17-46(41)53(47(42)34-40)32-10-11-33-53)38-24-26-39(27-25-38)55-48-18-8-5-16-45(48)51-49(55)31-30-44-43-15-6-9-19-50(43)56-52(44)51/h1-9,12-31,34H,10-11,32-33H2. The molecule has 0 atom stereocenters. The maximum Gasteiger partial charge on any atom is 0.0555 e. The fourth-order valence-electron chi connectivity index (χ4n) is 10.2. The summed E-state index contributed by atoms with van der Waals surface area (Å²) in [5.74, 6) is 0. The lowest BCUT2D eigenvalue weighted by Crippen LogP contribution is -2.21. The van der Waals surface area contributed by atoms with Crippen LogP contribution in [-0.4, -0.2) is 4.57 Å². The van der Waals surface area contributed by atoms with Crippen LogP contribution < -0.4 is 4.90 Å². The van der Waals surface area contributed by atoms with Crippen LogP contribution in [0.5, 0.6) is 0 Å². The summed E-state index contributed by atoms with van der Waals surface area (Å²) in [6.07, 6.45) is 4.99. The van der Waals surface area contributed by atoms with Crippen LogP contribution in [0, 0.1) is 0 Å². The Hall–Kier alpha value is -6.42. The van der Waals surface area contributed by atoms with Crippen molar-refractivity contribution in [2.75, 3.05) is 4.90 Å². The van der Waals surface area contributed by atoms with Gasteiger partial charge in [-0.2, -0.15) is 0 Å². The predicted octanol–water partition coefficient (Wildman–Crippen LogP) is 15.1. The quantitative estimate of drug-likeness (QED) is 0.171. The van der Waals surface area contributed by atoms with Gasteiger partial charge in [-0.1, -0.05) is 128 Å². The lowest BCUT2D eigenvalue weighted by Gasteiger charge is -2.30. The highest BCUT2D eigenvalue weighted by Crippen LogP contribution is 2.58. The lowest BCUT2D eigenvalue weighted by molar-refractivity contribution is 0.550. The van der Waals surface area contributed by atoms with Crippen LogP contribution in [0.3, 0.4) is 0 Å². The van der Waals surface area contributed by atoms with Gasteiger partial charge in [-0.15, -0.1) is 11.3 Å². The molecular weight excluding hydrogens is 697 g/mol. The second-order valence-corrected chi connectivity index (χ2v) is 16.7. The minimum atomic E-state index is 0.102. The molecule has 0 saturated heterocycles. The summed E-state index contributed by atoms with van der Waals surface area (Å²) in [7, 11) is 0. The number of aromatic nitrogens is 1. The van der Waals surface area contributed by atoms with E-state index in [1.807, 2.05) is 11.3 Å². The zero-order valence-electron chi connectivity index (χ0n) is 31.0. The molecule has 2 aliphatic carbocycles. The average molecular weight is 735 g/mol. The van der Waals surface area contributed by atoms with E-state index in [1.165, 1.54) is 107 Å². The number of benzene rings is 8. The van der Waals surface area contributed by atoms with Gasteiger partial charge in [0.2, 0.25) is 0 Å². The summed E-state index contributed by atoms with van der Waals surface area (Å²) in [5, 5.41) is 5.30. The first-order chi connectivity index (χ1) is 27.7. The maximum atomic E-state index is 2.52. The summed E-state index contributed by atoms with van der Waals surface area (Å²) in [4.78, 5) is 2.46. The van der Waals surface area contributed by atoms with Crippen LogP contribution >= 0.6 is 11.3 Å². The van der Waals surface area contributed by atoms with Crippen molar-refractivity contribution in [3.8, 4) is 27.9 Å². The van der Waals surface area contributed by atoms with E-state index in [2.05, 4.69) is 191 Å². The van der Waals surface area contributed by atoms with Crippen molar-refractivity contribution < 1.29 is 0 Å². The second-order valence-electron chi connectivity index (χ2n) is 15.6. The molecule has 10 aromatic rings. The topological polar surface area (TPSA) is 8.17 Å². The normalized spacial score (nSPS) is 14.3. The van der Waals surface area contributed by atoms with Crippen LogP contribution in [0.25, 0.3) is 69.9 Å². The molecular formula is C53H38N2S. The van der Waals surface area contributed by atoms with Crippen molar-refractivity contribution in [2.45, 2.75) is 31.1 Å². The number of thiophene rings is 1. The van der Waals surface area contributed by atoms with Crippen LogP contribution in [-0.2, 0) is 5.41 Å². The van der Waals surface area contributed by atoms with Crippen LogP contribution in [0.4, 0.5) is 17.1 Å². The molecule has 0 unspecified atom stereocenters. The first-order valence-electron chi connectivity index (χ1n) is 19.9. The molecule has 0 bridgehead atoms. The molecule has 0 radical (unpaired) electrons. The van der Waals surface area contributed by atoms with E-state index in [9.17, 15) is 0 Å². The maximum absolute atomic E-state index is 2.52. The predicted molar refractivity (Wildman–Crippen MR) is 238 cm³/mol. The Morgan fingerprint density at radius 1 is 0.464 bits per heavy atom. The summed E-state index contributed by atoms with van der Waals surface area (Å²) >= 11 is 1.91. The molecule has 2 nitrogen and oxygen atoms in total. The van der Waals surface area contributed by atoms with Gasteiger partial charge < -0.3 is 9.47 Å². The van der Waals surface area contributed by atoms with E-state index < -0.39 is 0 Å². The fraction of sp³-hybridized carbons (Fsp3) is 0.0943. The zero-order valence-corrected chi connectivity index (χ0v) is 31.8. The van der Waals surface area contributed by atoms with Gasteiger partial charge in [0.25, 0.3) is 0 Å². The van der Waals surface area contributed by atoms with E-state index in [-0.39, 0.29) is 5.41 Å². The summed E-state index contributed by atoms with van der Waals surface area (Å²) in [6.45, 7) is 0. The van der Waals surface area contributed by atoms with Crippen molar-refractivity contribution in [1.82, 2.24) is 4.57 Å². The molecule has 8 aromatic carbocycles. The van der Waals surface area contributed by atoms with Crippen molar-refractivity contribution in [1.29, 1.82) is 0 Å². The van der Waals surface area contributed by atoms with Gasteiger partial charge in [0.15, 0.2) is 0 Å². The largest absolute Gasteiger partial charge is 0.310 e. The molecule has 0 N–H and O–H groups in total. The van der Waals surface area contributed by atoms with Crippen LogP contribution in [0.15, 0.2) is 182 Å². The van der Waals surface area contributed by atoms with Crippen molar-refractivity contribution in [3.05, 3.63) is 193 Å². The van der Waals surface area contributed by atoms with Gasteiger partial charge in [-0.25, -0.2) is 0 Å². The Morgan fingerprint density at radius 2 is 1.11 bits per heavy atom. The minimum absolute atomic E-state index is 0.102. The zero-order chi connectivity index (χ0) is 36.8. The Bertz CT molecular complexity index is 3130. The molecule has 266 valence electrons. The molecule has 1 spiro atoms. The van der Waals surface area contributed by atoms with E-state index in [0.717, 1.165) is 17.1 Å². The third kappa shape index (κ3) is 4.61. The molecule has 2 heterocycles. The van der Waals surface area contributed by atoms with Gasteiger partial charge in [0.1, 0.15) is 0 Å². The number of para-hydroxylation sites is 1. The highest BCUT2D eigenvalue weighted by atomic mass is 32.1. The third-order valence-electron chi connectivity index (χ3n) is 12.7. The lowest BCUT2D eigenvalue weighted by atomic mass is 9.76. The summed E-state index contributed by atoms with van der Waals surface area (Å²) in [5.41, 5.74) is 15.5. The Labute approximate surface area is 330 Å². The monoisotopic (exact) mass is 734 g/mol. The van der Waals surface area contributed by atoms with Crippen molar-refractivity contribution in [2.24, 2.45) is 0 Å². The SMILES string of the molecule is c1ccc(-c2ccc(N(c3ccc(-n4c5ccccc5c5c6sc7ccccc7c6ccc54)cc3)c3ccc4c(c3)C3(CCCC3)c3ccccc3-4)cc2)cc1. The van der Waals surface area contributed by atoms with Gasteiger partial charge in [0.05, 0.1) is 11.0 Å². The third-order valence-corrected chi connectivity index (χ3v) is 13.9. The van der Waals surface area contributed by atoms with Crippen molar-refractivity contribution in [3.63, 3.8) is 0 Å². The van der Waals surface area contributed by atoms with Gasteiger partial charge in [-0.3, -0.25) is 0 Å². The molecule has 2 aliphatic rings. The van der Waals surface area contributed by atoms with E-state index in [0.29, 0.717) is 0 Å². The first kappa shape index (κ1) is 31.9. The first-order valence-corrected chi connectivity index (χ1v) is 20.7. The fourth-order valence-corrected chi connectivity index (χ4v) is 11.5. The average Bonchev–Trinajstić information content (AvgIpc) is 4.04. The summed E-state index contributed by atoms with van der Waals surface area (Å²) < 4.78 is 5.15. The molecule has 12 rings (SSSR count). The molecule has 0 amide bonds. The Kier molecular flexibility index (Phi) is 7.00.